The molecular formula is C16H22N6O2S. The molecule has 4 rings (SSSR count). The fourth-order valence-electron chi connectivity index (χ4n) is 3.15. The highest BCUT2D eigenvalue weighted by molar-refractivity contribution is 7.13. The molecule has 8 nitrogen and oxygen atoms in total. The van der Waals surface area contributed by atoms with Gasteiger partial charge in [0.1, 0.15) is 0 Å². The lowest BCUT2D eigenvalue weighted by atomic mass is 10.1. The fourth-order valence-corrected chi connectivity index (χ4v) is 3.85. The fraction of sp³-hybridized carbons (Fsp3) is 0.562. The van der Waals surface area contributed by atoms with Gasteiger partial charge in [-0.05, 0) is 19.3 Å². The Bertz CT molecular complexity index is 713. The van der Waals surface area contributed by atoms with Gasteiger partial charge in [-0.1, -0.05) is 0 Å². The molecule has 1 fully saturated rings. The summed E-state index contributed by atoms with van der Waals surface area (Å²) in [5, 5.41) is 12.6. The summed E-state index contributed by atoms with van der Waals surface area (Å²) in [6.45, 7) is 5.10. The Balaban J connectivity index is 1.31. The second kappa shape index (κ2) is 7.51. The molecule has 0 unspecified atom stereocenters. The molecule has 0 spiro atoms. The Morgan fingerprint density at radius 3 is 2.96 bits per heavy atom. The number of rotatable bonds is 4. The van der Waals surface area contributed by atoms with Crippen molar-refractivity contribution >= 4 is 28.3 Å². The average molecular weight is 362 g/mol. The van der Waals surface area contributed by atoms with Gasteiger partial charge in [0.05, 0.1) is 18.9 Å². The van der Waals surface area contributed by atoms with Crippen molar-refractivity contribution in [3.8, 4) is 0 Å². The number of carbonyl (C=O) groups excluding carboxylic acids is 1. The van der Waals surface area contributed by atoms with Crippen molar-refractivity contribution < 1.29 is 9.53 Å². The highest BCUT2D eigenvalue weighted by Crippen LogP contribution is 2.20. The van der Waals surface area contributed by atoms with Gasteiger partial charge in [0, 0.05) is 43.3 Å². The smallest absolute Gasteiger partial charge is 0.326 e. The molecule has 9 heteroatoms. The number of nitrogens with one attached hydrogen (secondary N) is 2. The van der Waals surface area contributed by atoms with Crippen LogP contribution in [0, 0.1) is 0 Å². The van der Waals surface area contributed by atoms with E-state index in [1.165, 1.54) is 23.5 Å². The number of hydrogen-bond donors (Lipinski definition) is 2. The van der Waals surface area contributed by atoms with Gasteiger partial charge in [-0.25, -0.2) is 9.78 Å². The summed E-state index contributed by atoms with van der Waals surface area (Å²) in [7, 11) is 0. The Labute approximate surface area is 150 Å². The molecule has 2 aromatic rings. The summed E-state index contributed by atoms with van der Waals surface area (Å²) >= 11 is 1.44. The Morgan fingerprint density at radius 1 is 1.24 bits per heavy atom. The molecule has 134 valence electrons. The molecule has 0 aromatic carbocycles. The molecule has 2 aliphatic heterocycles. The van der Waals surface area contributed by atoms with Crippen molar-refractivity contribution in [3.63, 3.8) is 0 Å². The normalized spacial score (nSPS) is 17.9. The highest BCUT2D eigenvalue weighted by Gasteiger charge is 2.15. The first-order valence-corrected chi connectivity index (χ1v) is 9.53. The zero-order valence-corrected chi connectivity index (χ0v) is 14.8. The van der Waals surface area contributed by atoms with E-state index in [4.69, 9.17) is 4.74 Å². The molecule has 0 aliphatic carbocycles. The molecular weight excluding hydrogens is 340 g/mol. The van der Waals surface area contributed by atoms with E-state index in [1.54, 1.807) is 0 Å². The first-order chi connectivity index (χ1) is 12.3. The van der Waals surface area contributed by atoms with Gasteiger partial charge in [-0.3, -0.25) is 20.2 Å². The van der Waals surface area contributed by atoms with Crippen molar-refractivity contribution in [3.05, 3.63) is 22.8 Å². The van der Waals surface area contributed by atoms with Gasteiger partial charge >= 0.3 is 6.03 Å². The van der Waals surface area contributed by atoms with Crippen molar-refractivity contribution in [1.29, 1.82) is 0 Å². The molecule has 2 aromatic heterocycles. The van der Waals surface area contributed by atoms with E-state index in [0.717, 1.165) is 57.9 Å². The van der Waals surface area contributed by atoms with Crippen LogP contribution < -0.4 is 10.6 Å². The van der Waals surface area contributed by atoms with Gasteiger partial charge in [0.2, 0.25) is 0 Å². The zero-order valence-electron chi connectivity index (χ0n) is 14.0. The molecule has 1 saturated heterocycles. The number of hydrogen-bond acceptors (Lipinski definition) is 6. The number of ether oxygens (including phenoxy) is 1. The quantitative estimate of drug-likeness (QED) is 0.871. The third-order valence-corrected chi connectivity index (χ3v) is 5.23. The second-order valence-corrected chi connectivity index (χ2v) is 7.17. The van der Waals surface area contributed by atoms with Crippen LogP contribution in [-0.4, -0.2) is 52.0 Å². The molecule has 0 saturated carbocycles. The van der Waals surface area contributed by atoms with Crippen molar-refractivity contribution in [1.82, 2.24) is 19.7 Å². The van der Waals surface area contributed by atoms with Crippen molar-refractivity contribution in [2.75, 3.05) is 36.9 Å². The highest BCUT2D eigenvalue weighted by atomic mass is 32.1. The minimum Gasteiger partial charge on any atom is -0.379 e. The van der Waals surface area contributed by atoms with Crippen LogP contribution in [0.3, 0.4) is 0 Å². The number of nitrogens with zero attached hydrogens (tertiary/aromatic N) is 4. The van der Waals surface area contributed by atoms with Gasteiger partial charge in [0.25, 0.3) is 0 Å². The number of urea groups is 1. The Morgan fingerprint density at radius 2 is 2.12 bits per heavy atom. The van der Waals surface area contributed by atoms with E-state index in [2.05, 4.69) is 25.6 Å². The number of aromatic nitrogens is 3. The summed E-state index contributed by atoms with van der Waals surface area (Å²) in [6, 6.07) is 1.65. The Kier molecular flexibility index (Phi) is 4.95. The molecule has 2 amide bonds. The maximum atomic E-state index is 12.2. The molecule has 25 heavy (non-hydrogen) atoms. The summed E-state index contributed by atoms with van der Waals surface area (Å²) in [5.74, 6) is 0.597. The number of morpholine rings is 1. The van der Waals surface area contributed by atoms with Gasteiger partial charge in [-0.2, -0.15) is 5.10 Å². The van der Waals surface area contributed by atoms with Crippen LogP contribution >= 0.6 is 11.3 Å². The average Bonchev–Trinajstić information content (AvgIpc) is 3.21. The molecule has 0 atom stereocenters. The van der Waals surface area contributed by atoms with E-state index in [1.807, 2.05) is 16.1 Å². The molecule has 2 N–H and O–H groups in total. The van der Waals surface area contributed by atoms with Crippen LogP contribution in [0.2, 0.25) is 0 Å². The molecule has 0 radical (unpaired) electrons. The van der Waals surface area contributed by atoms with Gasteiger partial charge in [0.15, 0.2) is 10.9 Å². The number of thiazole rings is 1. The first kappa shape index (κ1) is 16.5. The van der Waals surface area contributed by atoms with E-state index in [9.17, 15) is 4.79 Å². The van der Waals surface area contributed by atoms with Crippen LogP contribution in [0.15, 0.2) is 11.4 Å². The lowest BCUT2D eigenvalue weighted by molar-refractivity contribution is 0.0337. The number of fused-ring (bicyclic) bond motifs is 1. The maximum Gasteiger partial charge on any atom is 0.326 e. The van der Waals surface area contributed by atoms with Crippen molar-refractivity contribution in [2.45, 2.75) is 32.4 Å². The lowest BCUT2D eigenvalue weighted by Gasteiger charge is -2.25. The summed E-state index contributed by atoms with van der Waals surface area (Å²) in [5.41, 5.74) is 2.16. The van der Waals surface area contributed by atoms with E-state index in [-0.39, 0.29) is 6.03 Å². The molecule has 0 bridgehead atoms. The lowest BCUT2D eigenvalue weighted by Crippen LogP contribution is -2.35. The van der Waals surface area contributed by atoms with Crippen LogP contribution in [0.25, 0.3) is 0 Å². The summed E-state index contributed by atoms with van der Waals surface area (Å²) < 4.78 is 7.32. The topological polar surface area (TPSA) is 84.3 Å². The maximum absolute atomic E-state index is 12.2. The zero-order chi connectivity index (χ0) is 17.1. The van der Waals surface area contributed by atoms with Crippen molar-refractivity contribution in [2.24, 2.45) is 0 Å². The van der Waals surface area contributed by atoms with Crippen LogP contribution in [-0.2, 0) is 24.2 Å². The molecule has 4 heterocycles. The number of aryl methyl sites for hydroxylation is 2. The SMILES string of the molecule is O=C(Nc1cc2n(n1)CCCC2)Nc1nc(CN2CCOCC2)cs1. The minimum absolute atomic E-state index is 0.303. The minimum atomic E-state index is -0.303. The van der Waals surface area contributed by atoms with Crippen LogP contribution in [0.4, 0.5) is 15.7 Å². The predicted octanol–water partition coefficient (Wildman–Crippen LogP) is 2.15. The predicted molar refractivity (Wildman–Crippen MR) is 96.0 cm³/mol. The third-order valence-electron chi connectivity index (χ3n) is 4.42. The monoisotopic (exact) mass is 362 g/mol. The summed E-state index contributed by atoms with van der Waals surface area (Å²) in [4.78, 5) is 19.0. The first-order valence-electron chi connectivity index (χ1n) is 8.65. The number of amides is 2. The van der Waals surface area contributed by atoms with E-state index >= 15 is 0 Å². The number of carbonyl (C=O) groups is 1. The van der Waals surface area contributed by atoms with Crippen LogP contribution in [0.1, 0.15) is 24.2 Å². The Hall–Kier alpha value is -1.97. The van der Waals surface area contributed by atoms with E-state index in [0.29, 0.717) is 10.9 Å². The number of anilines is 2. The standard InChI is InChI=1S/C16H22N6O2S/c23-15(18-14-9-13-3-1-2-4-22(13)20-14)19-16-17-12(11-25-16)10-21-5-7-24-8-6-21/h9,11H,1-8,10H2,(H2,17,18,19,20,23). The third kappa shape index (κ3) is 4.17. The largest absolute Gasteiger partial charge is 0.379 e. The molecule has 2 aliphatic rings. The van der Waals surface area contributed by atoms with E-state index < -0.39 is 0 Å². The second-order valence-electron chi connectivity index (χ2n) is 6.31. The van der Waals surface area contributed by atoms with Gasteiger partial charge < -0.3 is 4.74 Å². The van der Waals surface area contributed by atoms with Gasteiger partial charge in [-0.15, -0.1) is 11.3 Å². The van der Waals surface area contributed by atoms with Crippen LogP contribution in [0.5, 0.6) is 0 Å². The summed E-state index contributed by atoms with van der Waals surface area (Å²) in [6.07, 6.45) is 3.35.